The van der Waals surface area contributed by atoms with E-state index < -0.39 is 0 Å². The zero-order valence-electron chi connectivity index (χ0n) is 11.8. The third kappa shape index (κ3) is 3.20. The molecule has 0 spiro atoms. The zero-order valence-corrected chi connectivity index (χ0v) is 13.3. The van der Waals surface area contributed by atoms with Crippen LogP contribution in [-0.2, 0) is 6.54 Å². The summed E-state index contributed by atoms with van der Waals surface area (Å²) < 4.78 is 5.42. The van der Waals surface area contributed by atoms with Crippen LogP contribution in [0.25, 0.3) is 0 Å². The van der Waals surface area contributed by atoms with Gasteiger partial charge >= 0.3 is 0 Å². The molecule has 20 heavy (non-hydrogen) atoms. The van der Waals surface area contributed by atoms with Crippen molar-refractivity contribution in [3.63, 3.8) is 0 Å². The van der Waals surface area contributed by atoms with Crippen molar-refractivity contribution in [2.45, 2.75) is 20.4 Å². The van der Waals surface area contributed by atoms with E-state index in [9.17, 15) is 0 Å². The van der Waals surface area contributed by atoms with Gasteiger partial charge in [-0.05, 0) is 49.2 Å². The summed E-state index contributed by atoms with van der Waals surface area (Å²) in [6, 6.07) is 9.55. The van der Waals surface area contributed by atoms with Gasteiger partial charge in [-0.3, -0.25) is 0 Å². The number of anilines is 1. The molecule has 2 aromatic carbocycles. The summed E-state index contributed by atoms with van der Waals surface area (Å²) in [5, 5.41) is 4.77. The van der Waals surface area contributed by atoms with E-state index in [0.29, 0.717) is 16.6 Å². The maximum absolute atomic E-state index is 6.16. The predicted octanol–water partition coefficient (Wildman–Crippen LogP) is 5.23. The smallest absolute Gasteiger partial charge is 0.126 e. The third-order valence-corrected chi connectivity index (χ3v) is 3.89. The van der Waals surface area contributed by atoms with Gasteiger partial charge in [0.1, 0.15) is 5.75 Å². The highest BCUT2D eigenvalue weighted by atomic mass is 35.5. The average Bonchev–Trinajstić information content (AvgIpc) is 2.42. The fourth-order valence-corrected chi connectivity index (χ4v) is 2.58. The Morgan fingerprint density at radius 1 is 1.10 bits per heavy atom. The van der Waals surface area contributed by atoms with Crippen LogP contribution in [0, 0.1) is 13.8 Å². The summed E-state index contributed by atoms with van der Waals surface area (Å²) in [4.78, 5) is 0. The quantitative estimate of drug-likeness (QED) is 0.835. The molecule has 4 heteroatoms. The fourth-order valence-electron chi connectivity index (χ4n) is 2.20. The second kappa shape index (κ2) is 6.38. The minimum atomic E-state index is 0.618. The van der Waals surface area contributed by atoms with E-state index in [1.807, 2.05) is 38.1 Å². The minimum Gasteiger partial charge on any atom is -0.496 e. The lowest BCUT2D eigenvalue weighted by molar-refractivity contribution is 0.409. The van der Waals surface area contributed by atoms with Crippen LogP contribution in [0.15, 0.2) is 30.3 Å². The van der Waals surface area contributed by atoms with Crippen LogP contribution in [0.1, 0.15) is 16.7 Å². The Hall–Kier alpha value is -1.38. The molecule has 0 aliphatic carbocycles. The van der Waals surface area contributed by atoms with Crippen LogP contribution >= 0.6 is 23.2 Å². The van der Waals surface area contributed by atoms with Gasteiger partial charge in [0, 0.05) is 27.8 Å². The largest absolute Gasteiger partial charge is 0.496 e. The number of halogens is 2. The van der Waals surface area contributed by atoms with E-state index in [2.05, 4.69) is 5.32 Å². The van der Waals surface area contributed by atoms with Gasteiger partial charge in [0.25, 0.3) is 0 Å². The molecule has 0 bridgehead atoms. The number of hydrogen-bond donors (Lipinski definition) is 1. The average molecular weight is 310 g/mol. The number of hydrogen-bond acceptors (Lipinski definition) is 2. The Morgan fingerprint density at radius 2 is 1.85 bits per heavy atom. The molecule has 0 aliphatic heterocycles. The first kappa shape index (κ1) is 15.0. The van der Waals surface area contributed by atoms with Crippen molar-refractivity contribution >= 4 is 28.9 Å². The van der Waals surface area contributed by atoms with Crippen LogP contribution in [0.4, 0.5) is 5.69 Å². The minimum absolute atomic E-state index is 0.618. The molecular weight excluding hydrogens is 293 g/mol. The highest BCUT2D eigenvalue weighted by Crippen LogP contribution is 2.30. The number of methoxy groups -OCH3 is 1. The predicted molar refractivity (Wildman–Crippen MR) is 86.3 cm³/mol. The van der Waals surface area contributed by atoms with E-state index in [1.165, 1.54) is 0 Å². The van der Waals surface area contributed by atoms with Gasteiger partial charge in [-0.15, -0.1) is 0 Å². The van der Waals surface area contributed by atoms with Gasteiger partial charge in [-0.2, -0.15) is 0 Å². The van der Waals surface area contributed by atoms with Crippen molar-refractivity contribution in [1.82, 2.24) is 0 Å². The van der Waals surface area contributed by atoms with Crippen molar-refractivity contribution < 1.29 is 4.74 Å². The summed E-state index contributed by atoms with van der Waals surface area (Å²) in [6.07, 6.45) is 0. The molecule has 0 unspecified atom stereocenters. The van der Waals surface area contributed by atoms with Gasteiger partial charge in [0.2, 0.25) is 0 Å². The zero-order chi connectivity index (χ0) is 14.7. The second-order valence-electron chi connectivity index (χ2n) is 4.68. The molecule has 0 heterocycles. The third-order valence-electron chi connectivity index (χ3n) is 3.28. The Morgan fingerprint density at radius 3 is 2.55 bits per heavy atom. The molecule has 2 nitrogen and oxygen atoms in total. The van der Waals surface area contributed by atoms with Crippen LogP contribution in [0.2, 0.25) is 10.0 Å². The van der Waals surface area contributed by atoms with E-state index in [4.69, 9.17) is 27.9 Å². The molecule has 1 N–H and O–H groups in total. The van der Waals surface area contributed by atoms with Gasteiger partial charge in [-0.25, -0.2) is 0 Å². The molecule has 106 valence electrons. The first-order valence-electron chi connectivity index (χ1n) is 6.35. The molecular formula is C16H17Cl2NO. The summed E-state index contributed by atoms with van der Waals surface area (Å²) in [5.74, 6) is 0.909. The molecule has 2 rings (SSSR count). The number of aryl methyl sites for hydroxylation is 1. The van der Waals surface area contributed by atoms with Crippen LogP contribution < -0.4 is 10.1 Å². The van der Waals surface area contributed by atoms with Gasteiger partial charge < -0.3 is 10.1 Å². The standard InChI is InChI=1S/C16H17Cl2NO/c1-10-4-7-15(11(2)16(10)20-3)19-9-12-8-13(17)5-6-14(12)18/h4-8,19H,9H2,1-3H3. The van der Waals surface area contributed by atoms with E-state index in [0.717, 1.165) is 28.1 Å². The normalized spacial score (nSPS) is 10.4. The second-order valence-corrected chi connectivity index (χ2v) is 5.52. The molecule has 0 amide bonds. The monoisotopic (exact) mass is 309 g/mol. The fraction of sp³-hybridized carbons (Fsp3) is 0.250. The van der Waals surface area contributed by atoms with E-state index in [1.54, 1.807) is 13.2 Å². The molecule has 0 aromatic heterocycles. The lowest BCUT2D eigenvalue weighted by atomic mass is 10.1. The first-order chi connectivity index (χ1) is 9.52. The van der Waals surface area contributed by atoms with Crippen molar-refractivity contribution in [2.24, 2.45) is 0 Å². The van der Waals surface area contributed by atoms with Crippen LogP contribution in [0.5, 0.6) is 5.75 Å². The summed E-state index contributed by atoms with van der Waals surface area (Å²) in [5.41, 5.74) is 4.21. The van der Waals surface area contributed by atoms with Crippen molar-refractivity contribution in [3.8, 4) is 5.75 Å². The summed E-state index contributed by atoms with van der Waals surface area (Å²) >= 11 is 12.2. The summed E-state index contributed by atoms with van der Waals surface area (Å²) in [7, 11) is 1.69. The molecule has 0 saturated heterocycles. The number of ether oxygens (including phenoxy) is 1. The maximum Gasteiger partial charge on any atom is 0.126 e. The van der Waals surface area contributed by atoms with Crippen LogP contribution in [0.3, 0.4) is 0 Å². The number of benzene rings is 2. The Bertz CT molecular complexity index is 626. The Balaban J connectivity index is 2.21. The topological polar surface area (TPSA) is 21.3 Å². The number of nitrogens with one attached hydrogen (secondary N) is 1. The van der Waals surface area contributed by atoms with Gasteiger partial charge in [0.05, 0.1) is 7.11 Å². The molecule has 0 atom stereocenters. The molecule has 0 fully saturated rings. The Kier molecular flexibility index (Phi) is 4.79. The van der Waals surface area contributed by atoms with E-state index >= 15 is 0 Å². The van der Waals surface area contributed by atoms with Crippen molar-refractivity contribution in [1.29, 1.82) is 0 Å². The van der Waals surface area contributed by atoms with Crippen LogP contribution in [-0.4, -0.2) is 7.11 Å². The van der Waals surface area contributed by atoms with E-state index in [-0.39, 0.29) is 0 Å². The lowest BCUT2D eigenvalue weighted by Crippen LogP contribution is -2.03. The molecule has 0 radical (unpaired) electrons. The highest BCUT2D eigenvalue weighted by molar-refractivity contribution is 6.33. The SMILES string of the molecule is COc1c(C)ccc(NCc2cc(Cl)ccc2Cl)c1C. The summed E-state index contributed by atoms with van der Waals surface area (Å²) in [6.45, 7) is 4.68. The maximum atomic E-state index is 6.16. The number of rotatable bonds is 4. The Labute approximate surface area is 129 Å². The highest BCUT2D eigenvalue weighted by Gasteiger charge is 2.08. The van der Waals surface area contributed by atoms with Crippen molar-refractivity contribution in [3.05, 3.63) is 57.1 Å². The van der Waals surface area contributed by atoms with Gasteiger partial charge in [0.15, 0.2) is 0 Å². The molecule has 0 aliphatic rings. The first-order valence-corrected chi connectivity index (χ1v) is 7.10. The molecule has 2 aromatic rings. The molecule has 0 saturated carbocycles. The lowest BCUT2D eigenvalue weighted by Gasteiger charge is -2.15. The van der Waals surface area contributed by atoms with Gasteiger partial charge in [-0.1, -0.05) is 29.3 Å². The van der Waals surface area contributed by atoms with Crippen molar-refractivity contribution in [2.75, 3.05) is 12.4 Å².